The monoisotopic (exact) mass is 287 g/mol. The first-order valence-electron chi connectivity index (χ1n) is 5.73. The van der Waals surface area contributed by atoms with Crippen molar-refractivity contribution >= 4 is 12.4 Å². The Bertz CT molecular complexity index is 612. The van der Waals surface area contributed by atoms with Crippen molar-refractivity contribution in [1.82, 2.24) is 0 Å². The second-order valence-electron chi connectivity index (χ2n) is 4.15. The molecule has 0 aliphatic carbocycles. The molecule has 1 nitrogen and oxygen atoms in total. The number of rotatable bonds is 4. The standard InChI is InChI=1S/C13H9BF5O/c15-12-6-1-3-9(13(12)16)8-20-11-5-2-4-10(7-11)14(17,18)19/h1-7H,8H2/q-1. The van der Waals surface area contributed by atoms with Crippen LogP contribution in [0.1, 0.15) is 5.56 Å². The predicted molar refractivity (Wildman–Crippen MR) is 65.8 cm³/mol. The highest BCUT2D eigenvalue weighted by Crippen LogP contribution is 2.17. The van der Waals surface area contributed by atoms with Gasteiger partial charge in [-0.05, 0) is 18.2 Å². The van der Waals surface area contributed by atoms with Crippen LogP contribution in [-0.2, 0) is 6.61 Å². The van der Waals surface area contributed by atoms with E-state index >= 15 is 0 Å². The third-order valence-electron chi connectivity index (χ3n) is 2.66. The van der Waals surface area contributed by atoms with E-state index in [0.29, 0.717) is 0 Å². The second kappa shape index (κ2) is 5.52. The van der Waals surface area contributed by atoms with E-state index in [2.05, 4.69) is 0 Å². The molecule has 7 heteroatoms. The molecule has 0 bridgehead atoms. The van der Waals surface area contributed by atoms with Gasteiger partial charge < -0.3 is 17.7 Å². The third kappa shape index (κ3) is 3.29. The fourth-order valence-electron chi connectivity index (χ4n) is 1.63. The van der Waals surface area contributed by atoms with Crippen molar-refractivity contribution in [2.75, 3.05) is 0 Å². The van der Waals surface area contributed by atoms with Gasteiger partial charge in [0.25, 0.3) is 0 Å². The molecule has 0 aromatic heterocycles. The highest BCUT2D eigenvalue weighted by molar-refractivity contribution is 6.73. The normalized spacial score (nSPS) is 11.4. The maximum absolute atomic E-state index is 13.3. The summed E-state index contributed by atoms with van der Waals surface area (Å²) >= 11 is 0. The fourth-order valence-corrected chi connectivity index (χ4v) is 1.63. The maximum atomic E-state index is 13.3. The largest absolute Gasteiger partial charge is 0.509 e. The molecule has 0 saturated heterocycles. The van der Waals surface area contributed by atoms with Crippen LogP contribution in [0.2, 0.25) is 0 Å². The zero-order chi connectivity index (χ0) is 14.8. The molecule has 0 radical (unpaired) electrons. The molecule has 2 aromatic rings. The van der Waals surface area contributed by atoms with Crippen molar-refractivity contribution < 1.29 is 26.5 Å². The lowest BCUT2D eigenvalue weighted by molar-refractivity contribution is 0.297. The molecule has 0 fully saturated rings. The third-order valence-corrected chi connectivity index (χ3v) is 2.66. The van der Waals surface area contributed by atoms with Gasteiger partial charge in [0.15, 0.2) is 11.6 Å². The van der Waals surface area contributed by atoms with Crippen molar-refractivity contribution in [3.63, 3.8) is 0 Å². The molecule has 0 atom stereocenters. The summed E-state index contributed by atoms with van der Waals surface area (Å²) in [5.41, 5.74) is -0.866. The molecule has 2 aromatic carbocycles. The van der Waals surface area contributed by atoms with Crippen LogP contribution in [-0.4, -0.2) is 6.98 Å². The molecule has 0 saturated carbocycles. The van der Waals surface area contributed by atoms with Gasteiger partial charge in [-0.2, -0.15) is 0 Å². The average Bonchev–Trinajstić information content (AvgIpc) is 2.40. The molecule has 0 aliphatic rings. The van der Waals surface area contributed by atoms with Gasteiger partial charge in [0.05, 0.1) is 0 Å². The number of halogens is 5. The van der Waals surface area contributed by atoms with Crippen LogP contribution >= 0.6 is 0 Å². The van der Waals surface area contributed by atoms with Gasteiger partial charge in [0, 0.05) is 5.56 Å². The Hall–Kier alpha value is -2.05. The SMILES string of the molecule is Fc1cccc(COc2cccc([B-](F)(F)F)c2)c1F. The van der Waals surface area contributed by atoms with Gasteiger partial charge in [-0.1, -0.05) is 24.3 Å². The Balaban J connectivity index is 2.13. The van der Waals surface area contributed by atoms with Crippen LogP contribution in [0.3, 0.4) is 0 Å². The van der Waals surface area contributed by atoms with E-state index in [4.69, 9.17) is 4.74 Å². The smallest absolute Gasteiger partial charge is 0.489 e. The summed E-state index contributed by atoms with van der Waals surface area (Å²) in [6.45, 7) is -5.47. The van der Waals surface area contributed by atoms with Crippen LogP contribution in [0, 0.1) is 11.6 Å². The van der Waals surface area contributed by atoms with E-state index in [1.807, 2.05) is 0 Å². The Morgan fingerprint density at radius 3 is 2.35 bits per heavy atom. The Morgan fingerprint density at radius 1 is 0.950 bits per heavy atom. The summed E-state index contributed by atoms with van der Waals surface area (Å²) in [7, 11) is 0. The first-order chi connectivity index (χ1) is 9.38. The van der Waals surface area contributed by atoms with Gasteiger partial charge in [-0.3, -0.25) is 0 Å². The van der Waals surface area contributed by atoms with Gasteiger partial charge >= 0.3 is 6.98 Å². The van der Waals surface area contributed by atoms with E-state index in [9.17, 15) is 21.7 Å². The first-order valence-corrected chi connectivity index (χ1v) is 5.73. The molecular formula is C13H9BF5O-. The summed E-state index contributed by atoms with van der Waals surface area (Å²) in [5.74, 6) is -2.15. The minimum Gasteiger partial charge on any atom is -0.489 e. The number of ether oxygens (including phenoxy) is 1. The highest BCUT2D eigenvalue weighted by Gasteiger charge is 2.25. The topological polar surface area (TPSA) is 9.23 Å². The van der Waals surface area contributed by atoms with Gasteiger partial charge in [-0.15, -0.1) is 5.46 Å². The summed E-state index contributed by atoms with van der Waals surface area (Å²) < 4.78 is 69.0. The zero-order valence-electron chi connectivity index (χ0n) is 10.1. The fraction of sp³-hybridized carbons (Fsp3) is 0.0769. The quantitative estimate of drug-likeness (QED) is 0.616. The van der Waals surface area contributed by atoms with Crippen LogP contribution in [0.15, 0.2) is 42.5 Å². The molecule has 0 amide bonds. The molecule has 0 spiro atoms. The van der Waals surface area contributed by atoms with Crippen molar-refractivity contribution in [3.8, 4) is 5.75 Å². The minimum absolute atomic E-state index is 0.0506. The van der Waals surface area contributed by atoms with E-state index in [1.54, 1.807) is 0 Å². The number of hydrogen-bond acceptors (Lipinski definition) is 1. The lowest BCUT2D eigenvalue weighted by Crippen LogP contribution is -2.33. The first kappa shape index (κ1) is 14.4. The molecular weight excluding hydrogens is 278 g/mol. The Labute approximate surface area is 112 Å². The summed E-state index contributed by atoms with van der Waals surface area (Å²) in [5, 5.41) is 0. The lowest BCUT2D eigenvalue weighted by Gasteiger charge is -2.16. The van der Waals surface area contributed by atoms with Crippen LogP contribution in [0.5, 0.6) is 5.75 Å². The molecule has 0 heterocycles. The zero-order valence-corrected chi connectivity index (χ0v) is 10.1. The predicted octanol–water partition coefficient (Wildman–Crippen LogP) is 3.60. The lowest BCUT2D eigenvalue weighted by atomic mass is 9.80. The number of benzene rings is 2. The van der Waals surface area contributed by atoms with Crippen LogP contribution in [0.25, 0.3) is 0 Å². The van der Waals surface area contributed by atoms with Crippen molar-refractivity contribution in [3.05, 3.63) is 59.7 Å². The van der Waals surface area contributed by atoms with Crippen molar-refractivity contribution in [2.24, 2.45) is 0 Å². The molecule has 0 aliphatic heterocycles. The maximum Gasteiger partial charge on any atom is 0.509 e. The summed E-state index contributed by atoms with van der Waals surface area (Å²) in [6.07, 6.45) is 0. The second-order valence-corrected chi connectivity index (χ2v) is 4.15. The highest BCUT2D eigenvalue weighted by atomic mass is 19.4. The van der Waals surface area contributed by atoms with Crippen LogP contribution in [0.4, 0.5) is 21.7 Å². The van der Waals surface area contributed by atoms with Crippen molar-refractivity contribution in [1.29, 1.82) is 0 Å². The van der Waals surface area contributed by atoms with Crippen LogP contribution < -0.4 is 10.2 Å². The molecule has 106 valence electrons. The summed E-state index contributed by atoms with van der Waals surface area (Å²) in [6, 6.07) is 7.82. The van der Waals surface area contributed by atoms with E-state index in [0.717, 1.165) is 18.2 Å². The summed E-state index contributed by atoms with van der Waals surface area (Å²) in [4.78, 5) is 0. The molecule has 0 N–H and O–H groups in total. The van der Waals surface area contributed by atoms with E-state index in [1.165, 1.54) is 24.3 Å². The molecule has 20 heavy (non-hydrogen) atoms. The molecule has 0 unspecified atom stereocenters. The van der Waals surface area contributed by atoms with Gasteiger partial charge in [0.2, 0.25) is 0 Å². The number of hydrogen-bond donors (Lipinski definition) is 0. The van der Waals surface area contributed by atoms with E-state index in [-0.39, 0.29) is 17.9 Å². The minimum atomic E-state index is -5.12. The molecule has 2 rings (SSSR count). The Morgan fingerprint density at radius 2 is 1.65 bits per heavy atom. The van der Waals surface area contributed by atoms with Crippen molar-refractivity contribution in [2.45, 2.75) is 6.61 Å². The van der Waals surface area contributed by atoms with E-state index < -0.39 is 24.1 Å². The Kier molecular flexibility index (Phi) is 3.97. The average molecular weight is 287 g/mol. The van der Waals surface area contributed by atoms with Gasteiger partial charge in [-0.25, -0.2) is 8.78 Å². The van der Waals surface area contributed by atoms with Gasteiger partial charge in [0.1, 0.15) is 12.4 Å².